The molecule has 0 spiro atoms. The highest BCUT2D eigenvalue weighted by atomic mass is 16.6. The number of hydrogen-bond donors (Lipinski definition) is 2. The fraction of sp³-hybridized carbons (Fsp3) is 0.792. The van der Waals surface area contributed by atoms with Crippen LogP contribution in [0.4, 0.5) is 21.5 Å². The molecule has 1 aromatic rings. The van der Waals surface area contributed by atoms with Gasteiger partial charge in [0.15, 0.2) is 0 Å². The molecule has 0 saturated carbocycles. The minimum absolute atomic E-state index is 0.0694. The molecule has 3 heterocycles. The lowest BCUT2D eigenvalue weighted by atomic mass is 10.1. The average molecular weight is 492 g/mol. The first-order valence-electron chi connectivity index (χ1n) is 12.5. The van der Waals surface area contributed by atoms with Crippen LogP contribution in [0.15, 0.2) is 0 Å². The van der Waals surface area contributed by atoms with Crippen molar-refractivity contribution in [2.45, 2.75) is 97.4 Å². The average Bonchev–Trinajstić information content (AvgIpc) is 2.71. The number of rotatable bonds is 4. The van der Waals surface area contributed by atoms with Crippen LogP contribution in [-0.4, -0.2) is 76.6 Å². The van der Waals surface area contributed by atoms with E-state index in [1.165, 1.54) is 0 Å². The summed E-state index contributed by atoms with van der Waals surface area (Å²) >= 11 is 0. The van der Waals surface area contributed by atoms with Crippen LogP contribution in [0.2, 0.25) is 0 Å². The van der Waals surface area contributed by atoms with Crippen molar-refractivity contribution in [3.05, 3.63) is 5.82 Å². The van der Waals surface area contributed by atoms with Gasteiger partial charge in [-0.15, -0.1) is 0 Å². The van der Waals surface area contributed by atoms with Crippen molar-refractivity contribution >= 4 is 24.1 Å². The Bertz CT molecular complexity index is 813. The molecule has 0 aromatic carbocycles. The van der Waals surface area contributed by atoms with Crippen molar-refractivity contribution in [1.29, 1.82) is 0 Å². The Balaban J connectivity index is 1.52. The van der Waals surface area contributed by atoms with Crippen LogP contribution in [0.25, 0.3) is 0 Å². The van der Waals surface area contributed by atoms with E-state index in [-0.39, 0.29) is 24.3 Å². The molecular formula is C24H41N7O4. The Morgan fingerprint density at radius 2 is 1.06 bits per heavy atom. The van der Waals surface area contributed by atoms with Crippen molar-refractivity contribution in [1.82, 2.24) is 25.6 Å². The largest absolute Gasteiger partial charge is 0.444 e. The van der Waals surface area contributed by atoms with Gasteiger partial charge in [-0.05, 0) is 74.1 Å². The maximum atomic E-state index is 12.1. The maximum absolute atomic E-state index is 12.1. The molecule has 2 saturated heterocycles. The number of nitrogens with one attached hydrogen (secondary N) is 2. The summed E-state index contributed by atoms with van der Waals surface area (Å²) in [5.74, 6) is 2.00. The van der Waals surface area contributed by atoms with Gasteiger partial charge in [-0.1, -0.05) is 0 Å². The van der Waals surface area contributed by atoms with E-state index in [0.29, 0.717) is 17.7 Å². The molecule has 2 fully saturated rings. The zero-order valence-electron chi connectivity index (χ0n) is 22.2. The third-order valence-corrected chi connectivity index (χ3v) is 5.72. The second-order valence-corrected chi connectivity index (χ2v) is 11.3. The number of aromatic nitrogens is 3. The highest BCUT2D eigenvalue weighted by molar-refractivity contribution is 5.68. The molecule has 2 aliphatic heterocycles. The lowest BCUT2D eigenvalue weighted by molar-refractivity contribution is 0.0485. The first-order valence-corrected chi connectivity index (χ1v) is 12.5. The van der Waals surface area contributed by atoms with E-state index in [2.05, 4.69) is 30.4 Å². The van der Waals surface area contributed by atoms with Crippen LogP contribution in [0.1, 0.15) is 73.1 Å². The van der Waals surface area contributed by atoms with Crippen LogP contribution < -0.4 is 20.4 Å². The molecule has 2 N–H and O–H groups in total. The standard InChI is InChI=1S/C24H41N7O4/c1-16-25-19(30-12-8-17(9-13-30)27-21(32)34-23(2,3)4)29-20(26-16)31-14-10-18(11-15-31)28-22(33)35-24(5,6)7/h17-18H,8-15H2,1-7H3,(H,27,32)(H,28,33). The molecule has 0 atom stereocenters. The number of amides is 2. The second-order valence-electron chi connectivity index (χ2n) is 11.3. The quantitative estimate of drug-likeness (QED) is 0.654. The number of ether oxygens (including phenoxy) is 2. The number of nitrogens with zero attached hydrogens (tertiary/aromatic N) is 5. The van der Waals surface area contributed by atoms with Crippen molar-refractivity contribution in [3.63, 3.8) is 0 Å². The molecular weight excluding hydrogens is 450 g/mol. The summed E-state index contributed by atoms with van der Waals surface area (Å²) in [5, 5.41) is 5.93. The van der Waals surface area contributed by atoms with Crippen LogP contribution in [0.5, 0.6) is 0 Å². The Morgan fingerprint density at radius 1 is 0.714 bits per heavy atom. The molecule has 11 heteroatoms. The van der Waals surface area contributed by atoms with E-state index in [1.54, 1.807) is 0 Å². The number of carbonyl (C=O) groups excluding carboxylic acids is 2. The molecule has 0 aliphatic carbocycles. The zero-order chi connectivity index (χ0) is 25.8. The van der Waals surface area contributed by atoms with Crippen molar-refractivity contribution in [2.75, 3.05) is 36.0 Å². The molecule has 3 rings (SSSR count). The fourth-order valence-electron chi connectivity index (χ4n) is 4.13. The maximum Gasteiger partial charge on any atom is 0.407 e. The van der Waals surface area contributed by atoms with Crippen LogP contribution in [-0.2, 0) is 9.47 Å². The molecule has 0 unspecified atom stereocenters. The van der Waals surface area contributed by atoms with Gasteiger partial charge in [-0.2, -0.15) is 15.0 Å². The summed E-state index contributed by atoms with van der Waals surface area (Å²) in [6.45, 7) is 16.0. The van der Waals surface area contributed by atoms with E-state index in [9.17, 15) is 9.59 Å². The predicted octanol–water partition coefficient (Wildman–Crippen LogP) is 3.17. The Morgan fingerprint density at radius 3 is 1.37 bits per heavy atom. The minimum Gasteiger partial charge on any atom is -0.444 e. The highest BCUT2D eigenvalue weighted by Crippen LogP contribution is 2.22. The normalized spacial score (nSPS) is 18.3. The van der Waals surface area contributed by atoms with E-state index in [4.69, 9.17) is 14.5 Å². The van der Waals surface area contributed by atoms with E-state index >= 15 is 0 Å². The molecule has 0 bridgehead atoms. The number of alkyl carbamates (subject to hydrolysis) is 2. The van der Waals surface area contributed by atoms with E-state index in [0.717, 1.165) is 51.9 Å². The number of hydrogen-bond acceptors (Lipinski definition) is 9. The SMILES string of the molecule is Cc1nc(N2CCC(NC(=O)OC(C)(C)C)CC2)nc(N2CCC(NC(=O)OC(C)(C)C)CC2)n1. The Labute approximate surface area is 208 Å². The number of carbonyl (C=O) groups is 2. The third kappa shape index (κ3) is 8.70. The van der Waals surface area contributed by atoms with Gasteiger partial charge < -0.3 is 29.9 Å². The summed E-state index contributed by atoms with van der Waals surface area (Å²) in [4.78, 5) is 42.3. The van der Waals surface area contributed by atoms with Crippen LogP contribution in [0.3, 0.4) is 0 Å². The summed E-state index contributed by atoms with van der Waals surface area (Å²) in [7, 11) is 0. The lowest BCUT2D eigenvalue weighted by Crippen LogP contribution is -2.47. The fourth-order valence-corrected chi connectivity index (χ4v) is 4.13. The topological polar surface area (TPSA) is 122 Å². The molecule has 2 aliphatic rings. The molecule has 11 nitrogen and oxygen atoms in total. The zero-order valence-corrected chi connectivity index (χ0v) is 22.2. The first kappa shape index (κ1) is 26.7. The second kappa shape index (κ2) is 10.8. The molecule has 0 radical (unpaired) electrons. The van der Waals surface area contributed by atoms with Crippen LogP contribution in [0, 0.1) is 6.92 Å². The number of piperidine rings is 2. The molecule has 196 valence electrons. The van der Waals surface area contributed by atoms with Crippen molar-refractivity contribution in [3.8, 4) is 0 Å². The van der Waals surface area contributed by atoms with Gasteiger partial charge in [0.25, 0.3) is 0 Å². The molecule has 1 aromatic heterocycles. The summed E-state index contributed by atoms with van der Waals surface area (Å²) in [6.07, 6.45) is 2.42. The Kier molecular flexibility index (Phi) is 8.27. The summed E-state index contributed by atoms with van der Waals surface area (Å²) < 4.78 is 10.7. The van der Waals surface area contributed by atoms with Gasteiger partial charge in [-0.3, -0.25) is 0 Å². The van der Waals surface area contributed by atoms with Gasteiger partial charge in [0.1, 0.15) is 17.0 Å². The molecule has 35 heavy (non-hydrogen) atoms. The smallest absolute Gasteiger partial charge is 0.407 e. The van der Waals surface area contributed by atoms with E-state index in [1.807, 2.05) is 48.5 Å². The summed E-state index contributed by atoms with van der Waals surface area (Å²) in [6, 6.07) is 0.139. The van der Waals surface area contributed by atoms with Crippen molar-refractivity contribution in [2.24, 2.45) is 0 Å². The predicted molar refractivity (Wildman–Crippen MR) is 134 cm³/mol. The first-order chi connectivity index (χ1) is 16.3. The lowest BCUT2D eigenvalue weighted by Gasteiger charge is -2.35. The van der Waals surface area contributed by atoms with Crippen molar-refractivity contribution < 1.29 is 19.1 Å². The van der Waals surface area contributed by atoms with Gasteiger partial charge in [0.2, 0.25) is 11.9 Å². The number of anilines is 2. The van der Waals surface area contributed by atoms with Crippen LogP contribution >= 0.6 is 0 Å². The van der Waals surface area contributed by atoms with Gasteiger partial charge in [0, 0.05) is 38.3 Å². The minimum atomic E-state index is -0.510. The number of aryl methyl sites for hydroxylation is 1. The highest BCUT2D eigenvalue weighted by Gasteiger charge is 2.28. The van der Waals surface area contributed by atoms with E-state index < -0.39 is 11.2 Å². The third-order valence-electron chi connectivity index (χ3n) is 5.72. The van der Waals surface area contributed by atoms with Gasteiger partial charge >= 0.3 is 12.2 Å². The summed E-state index contributed by atoms with van der Waals surface area (Å²) in [5.41, 5.74) is -1.02. The monoisotopic (exact) mass is 491 g/mol. The van der Waals surface area contributed by atoms with Gasteiger partial charge in [-0.25, -0.2) is 9.59 Å². The Hall–Kier alpha value is -2.85. The molecule has 2 amide bonds. The van der Waals surface area contributed by atoms with Gasteiger partial charge in [0.05, 0.1) is 0 Å².